The predicted octanol–water partition coefficient (Wildman–Crippen LogP) is -0.518. The molecule has 0 saturated heterocycles. The van der Waals surface area contributed by atoms with Gasteiger partial charge in [-0.25, -0.2) is 0 Å². The average molecular weight is 415 g/mol. The van der Waals surface area contributed by atoms with E-state index in [9.17, 15) is 0 Å². The second kappa shape index (κ2) is 29.5. The first-order chi connectivity index (χ1) is 12.6. The van der Waals surface area contributed by atoms with Gasteiger partial charge in [-0.2, -0.15) is 0 Å². The molecule has 0 heterocycles. The second-order valence-electron chi connectivity index (χ2n) is 5.27. The molecule has 12 N–H and O–H groups in total. The fourth-order valence-corrected chi connectivity index (χ4v) is 1.19. The monoisotopic (exact) mass is 414 g/mol. The molecule has 12 heteroatoms. The number of rotatable bonds is 1. The third-order valence-corrected chi connectivity index (χ3v) is 2.04. The minimum atomic E-state index is -0.833. The maximum absolute atomic E-state index is 9.00. The van der Waals surface area contributed by atoms with Crippen molar-refractivity contribution in [1.82, 2.24) is 0 Å². The molecule has 1 saturated carbocycles. The van der Waals surface area contributed by atoms with E-state index in [-0.39, 0.29) is 12.1 Å². The van der Waals surface area contributed by atoms with Gasteiger partial charge in [0.2, 0.25) is 0 Å². The standard InChI is InChI=1S/C6H14N2.C2H8N2.4C2H4O2/c7-5-3-1-2-4-6(5)8;3-1-2-4;4*1-2(3)4/h5-6H,1-4,7-8H2;1-4H2;4*1H3,(H,3,4)/t5-,6-;;;;;/m1...../s1. The Morgan fingerprint density at radius 1 is 0.643 bits per heavy atom. The molecule has 1 rings (SSSR count). The van der Waals surface area contributed by atoms with Crippen LogP contribution >= 0.6 is 0 Å². The van der Waals surface area contributed by atoms with Gasteiger partial charge in [-0.05, 0) is 12.8 Å². The quantitative estimate of drug-likeness (QED) is 0.270. The minimum absolute atomic E-state index is 0.281. The molecule has 28 heavy (non-hydrogen) atoms. The zero-order valence-corrected chi connectivity index (χ0v) is 17.1. The van der Waals surface area contributed by atoms with Gasteiger partial charge < -0.3 is 43.4 Å². The molecule has 1 aliphatic rings. The van der Waals surface area contributed by atoms with Crippen LogP contribution in [-0.4, -0.2) is 69.5 Å². The van der Waals surface area contributed by atoms with E-state index in [0.29, 0.717) is 13.1 Å². The summed E-state index contributed by atoms with van der Waals surface area (Å²) in [5, 5.41) is 29.7. The lowest BCUT2D eigenvalue weighted by molar-refractivity contribution is -0.135. The summed E-state index contributed by atoms with van der Waals surface area (Å²) >= 11 is 0. The van der Waals surface area contributed by atoms with Gasteiger partial charge in [0.25, 0.3) is 23.9 Å². The van der Waals surface area contributed by atoms with Gasteiger partial charge in [-0.3, -0.25) is 19.2 Å². The number of hydrogen-bond acceptors (Lipinski definition) is 8. The van der Waals surface area contributed by atoms with Crippen LogP contribution in [0.3, 0.4) is 0 Å². The summed E-state index contributed by atoms with van der Waals surface area (Å²) in [5.41, 5.74) is 21.1. The molecule has 0 aromatic heterocycles. The number of aliphatic carboxylic acids is 4. The van der Waals surface area contributed by atoms with Crippen LogP contribution in [0.25, 0.3) is 0 Å². The van der Waals surface area contributed by atoms with E-state index in [2.05, 4.69) is 0 Å². The summed E-state index contributed by atoms with van der Waals surface area (Å²) in [5.74, 6) is -3.33. The van der Waals surface area contributed by atoms with Crippen molar-refractivity contribution in [2.24, 2.45) is 22.9 Å². The third-order valence-electron chi connectivity index (χ3n) is 2.04. The summed E-state index contributed by atoms with van der Waals surface area (Å²) in [7, 11) is 0. The van der Waals surface area contributed by atoms with Crippen LogP contribution in [0.2, 0.25) is 0 Å². The van der Waals surface area contributed by atoms with E-state index in [1.54, 1.807) is 0 Å². The topological polar surface area (TPSA) is 253 Å². The highest BCUT2D eigenvalue weighted by Gasteiger charge is 2.16. The molecule has 0 amide bonds. The Labute approximate surface area is 165 Å². The van der Waals surface area contributed by atoms with Gasteiger partial charge >= 0.3 is 0 Å². The zero-order valence-electron chi connectivity index (χ0n) is 17.1. The molecule has 1 aliphatic carbocycles. The highest BCUT2D eigenvalue weighted by molar-refractivity contribution is 5.63. The van der Waals surface area contributed by atoms with Crippen LogP contribution < -0.4 is 22.9 Å². The molecule has 1 fully saturated rings. The first kappa shape index (κ1) is 36.6. The van der Waals surface area contributed by atoms with Crippen LogP contribution in [0.1, 0.15) is 53.4 Å². The van der Waals surface area contributed by atoms with E-state index in [0.717, 1.165) is 40.5 Å². The van der Waals surface area contributed by atoms with E-state index >= 15 is 0 Å². The molecule has 0 aromatic rings. The van der Waals surface area contributed by atoms with Gasteiger partial charge in [0.1, 0.15) is 0 Å². The maximum atomic E-state index is 9.00. The normalized spacial score (nSPS) is 16.0. The summed E-state index contributed by atoms with van der Waals surface area (Å²) in [4.78, 5) is 36.0. The van der Waals surface area contributed by atoms with Crippen LogP contribution in [-0.2, 0) is 19.2 Å². The lowest BCUT2D eigenvalue weighted by Crippen LogP contribution is -2.43. The summed E-state index contributed by atoms with van der Waals surface area (Å²) in [6.07, 6.45) is 4.80. The van der Waals surface area contributed by atoms with Crippen LogP contribution in [0.4, 0.5) is 0 Å². The summed E-state index contributed by atoms with van der Waals surface area (Å²) in [6.45, 7) is 5.53. The SMILES string of the molecule is CC(=O)O.CC(=O)O.CC(=O)O.CC(=O)O.NCCN.N[C@@H]1CCCC[C@H]1N. The van der Waals surface area contributed by atoms with E-state index < -0.39 is 23.9 Å². The molecular weight excluding hydrogens is 376 g/mol. The average Bonchev–Trinajstić information content (AvgIpc) is 2.48. The van der Waals surface area contributed by atoms with Gasteiger partial charge in [0.15, 0.2) is 0 Å². The van der Waals surface area contributed by atoms with Crippen molar-refractivity contribution in [2.75, 3.05) is 13.1 Å². The van der Waals surface area contributed by atoms with Crippen LogP contribution in [0.5, 0.6) is 0 Å². The Kier molecular flexibility index (Phi) is 38.5. The van der Waals surface area contributed by atoms with Crippen molar-refractivity contribution in [3.63, 3.8) is 0 Å². The number of hydrogen-bond donors (Lipinski definition) is 8. The molecule has 170 valence electrons. The van der Waals surface area contributed by atoms with E-state index in [1.165, 1.54) is 12.8 Å². The van der Waals surface area contributed by atoms with Crippen molar-refractivity contribution >= 4 is 23.9 Å². The van der Waals surface area contributed by atoms with Crippen LogP contribution in [0.15, 0.2) is 0 Å². The Hall–Kier alpha value is -2.28. The maximum Gasteiger partial charge on any atom is 0.300 e. The van der Waals surface area contributed by atoms with Gasteiger partial charge in [-0.1, -0.05) is 12.8 Å². The third kappa shape index (κ3) is 130. The Morgan fingerprint density at radius 2 is 0.786 bits per heavy atom. The largest absolute Gasteiger partial charge is 0.481 e. The van der Waals surface area contributed by atoms with Crippen molar-refractivity contribution in [3.8, 4) is 0 Å². The smallest absolute Gasteiger partial charge is 0.300 e. The molecule has 0 radical (unpaired) electrons. The Bertz CT molecular complexity index is 319. The fourth-order valence-electron chi connectivity index (χ4n) is 1.19. The van der Waals surface area contributed by atoms with Crippen molar-refractivity contribution in [1.29, 1.82) is 0 Å². The van der Waals surface area contributed by atoms with Gasteiger partial charge in [0, 0.05) is 52.9 Å². The molecule has 2 atom stereocenters. The Morgan fingerprint density at radius 3 is 0.857 bits per heavy atom. The lowest BCUT2D eigenvalue weighted by atomic mass is 9.92. The van der Waals surface area contributed by atoms with Gasteiger partial charge in [-0.15, -0.1) is 0 Å². The van der Waals surface area contributed by atoms with Crippen molar-refractivity contribution in [2.45, 2.75) is 65.5 Å². The minimum Gasteiger partial charge on any atom is -0.481 e. The first-order valence-electron chi connectivity index (χ1n) is 8.34. The van der Waals surface area contributed by atoms with Crippen molar-refractivity contribution < 1.29 is 39.6 Å². The Balaban J connectivity index is -0.0000000786. The van der Waals surface area contributed by atoms with Crippen molar-refractivity contribution in [3.05, 3.63) is 0 Å². The molecular formula is C16H38N4O8. The number of carbonyl (C=O) groups is 4. The zero-order chi connectivity index (χ0) is 23.7. The lowest BCUT2D eigenvalue weighted by Gasteiger charge is -2.24. The number of carboxylic acid groups (broad SMARTS) is 4. The summed E-state index contributed by atoms with van der Waals surface area (Å²) < 4.78 is 0. The number of carboxylic acids is 4. The molecule has 0 bridgehead atoms. The predicted molar refractivity (Wildman–Crippen MR) is 106 cm³/mol. The molecule has 0 spiro atoms. The summed E-state index contributed by atoms with van der Waals surface area (Å²) in [6, 6.07) is 0.562. The van der Waals surface area contributed by atoms with Gasteiger partial charge in [0.05, 0.1) is 0 Å². The molecule has 0 aliphatic heterocycles. The number of nitrogens with two attached hydrogens (primary N) is 4. The van der Waals surface area contributed by atoms with E-state index in [4.69, 9.17) is 62.5 Å². The molecule has 0 unspecified atom stereocenters. The fraction of sp³-hybridized carbons (Fsp3) is 0.750. The highest BCUT2D eigenvalue weighted by Crippen LogP contribution is 2.14. The molecule has 0 aromatic carbocycles. The van der Waals surface area contributed by atoms with Crippen LogP contribution in [0, 0.1) is 0 Å². The second-order valence-corrected chi connectivity index (χ2v) is 5.27. The highest BCUT2D eigenvalue weighted by atomic mass is 16.4. The first-order valence-corrected chi connectivity index (χ1v) is 8.34. The van der Waals surface area contributed by atoms with E-state index in [1.807, 2.05) is 0 Å². The molecule has 12 nitrogen and oxygen atoms in total.